The highest BCUT2D eigenvalue weighted by Crippen LogP contribution is 2.43. The van der Waals surface area contributed by atoms with Crippen LogP contribution in [0.25, 0.3) is 0 Å². The molecule has 10 heteroatoms. The van der Waals surface area contributed by atoms with Crippen molar-refractivity contribution in [3.05, 3.63) is 36.5 Å². The highest BCUT2D eigenvalue weighted by atomic mass is 31.2. The van der Waals surface area contributed by atoms with Gasteiger partial charge in [-0.15, -0.1) is 0 Å². The lowest BCUT2D eigenvalue weighted by Gasteiger charge is -2.20. The molecule has 9 nitrogen and oxygen atoms in total. The molecular weight excluding hydrogens is 679 g/mol. The van der Waals surface area contributed by atoms with Gasteiger partial charge in [-0.25, -0.2) is 4.57 Å². The minimum Gasteiger partial charge on any atom is -0.457 e. The predicted octanol–water partition coefficient (Wildman–Crippen LogP) is 11.3. The molecule has 0 bridgehead atoms. The highest BCUT2D eigenvalue weighted by Gasteiger charge is 2.26. The molecule has 0 radical (unpaired) electrons. The van der Waals surface area contributed by atoms with Gasteiger partial charge in [0, 0.05) is 13.0 Å². The summed E-state index contributed by atoms with van der Waals surface area (Å²) in [7, 11) is -4.52. The number of aliphatic hydroxyl groups is 2. The number of esters is 1. The van der Waals surface area contributed by atoms with Gasteiger partial charge in [-0.05, 0) is 70.6 Å². The van der Waals surface area contributed by atoms with Gasteiger partial charge in [0.1, 0.15) is 12.2 Å². The molecule has 3 unspecified atom stereocenters. The second kappa shape index (κ2) is 39.4. The van der Waals surface area contributed by atoms with Crippen molar-refractivity contribution in [1.29, 1.82) is 0 Å². The Bertz CT molecular complexity index is 908. The highest BCUT2D eigenvalue weighted by molar-refractivity contribution is 7.47. The Morgan fingerprint density at radius 1 is 0.596 bits per heavy atom. The quantitative estimate of drug-likeness (QED) is 0.0242. The molecule has 0 saturated heterocycles. The Kier molecular flexibility index (Phi) is 38.4. The van der Waals surface area contributed by atoms with Crippen LogP contribution in [0, 0.1) is 0 Å². The zero-order chi connectivity index (χ0) is 38.2. The Hall–Kier alpha value is -1.32. The van der Waals surface area contributed by atoms with Crippen molar-refractivity contribution >= 4 is 13.8 Å². The lowest BCUT2D eigenvalue weighted by atomic mass is 10.1. The van der Waals surface area contributed by atoms with E-state index in [2.05, 4.69) is 50.3 Å². The third-order valence-corrected chi connectivity index (χ3v) is 9.75. The number of ether oxygens (including phenoxy) is 2. The number of allylic oxidation sites excluding steroid dienone is 6. The van der Waals surface area contributed by atoms with Gasteiger partial charge in [0.15, 0.2) is 0 Å². The summed E-state index contributed by atoms with van der Waals surface area (Å²) >= 11 is 0. The molecule has 0 aliphatic carbocycles. The smallest absolute Gasteiger partial charge is 0.457 e. The van der Waals surface area contributed by atoms with Gasteiger partial charge >= 0.3 is 13.8 Å². The number of phosphoric ester groups is 1. The minimum atomic E-state index is -4.52. The average Bonchev–Trinajstić information content (AvgIpc) is 3.13. The summed E-state index contributed by atoms with van der Waals surface area (Å²) in [5.41, 5.74) is 0. The van der Waals surface area contributed by atoms with E-state index >= 15 is 0 Å². The van der Waals surface area contributed by atoms with Crippen LogP contribution in [0.4, 0.5) is 0 Å². The van der Waals surface area contributed by atoms with Crippen LogP contribution in [0.5, 0.6) is 0 Å². The summed E-state index contributed by atoms with van der Waals surface area (Å²) in [6.45, 7) is 3.46. The SMILES string of the molecule is CCCCC/C=C\C/C=C\CCCCCCCCCC(=O)OC(COCCCCCCCC/C=C\CCCCCC)COP(=O)(O)OCC(O)CO. The number of rotatable bonds is 40. The van der Waals surface area contributed by atoms with Gasteiger partial charge in [0.25, 0.3) is 0 Å². The topological polar surface area (TPSA) is 132 Å². The van der Waals surface area contributed by atoms with Crippen molar-refractivity contribution in [1.82, 2.24) is 0 Å². The van der Waals surface area contributed by atoms with Crippen molar-refractivity contribution in [2.45, 2.75) is 193 Å². The molecule has 52 heavy (non-hydrogen) atoms. The molecule has 0 fully saturated rings. The van der Waals surface area contributed by atoms with Crippen LogP contribution < -0.4 is 0 Å². The summed E-state index contributed by atoms with van der Waals surface area (Å²) in [5.74, 6) is -0.393. The normalized spacial score (nSPS) is 14.5. The zero-order valence-electron chi connectivity index (χ0n) is 33.3. The maximum Gasteiger partial charge on any atom is 0.472 e. The number of unbranched alkanes of at least 4 members (excludes halogenated alkanes) is 20. The van der Waals surface area contributed by atoms with Crippen molar-refractivity contribution in [3.8, 4) is 0 Å². The molecule has 0 aliphatic heterocycles. The Labute approximate surface area is 318 Å². The third-order valence-electron chi connectivity index (χ3n) is 8.80. The maximum absolute atomic E-state index is 12.6. The van der Waals surface area contributed by atoms with Crippen LogP contribution in [0.1, 0.15) is 181 Å². The van der Waals surface area contributed by atoms with E-state index in [4.69, 9.17) is 23.6 Å². The van der Waals surface area contributed by atoms with Gasteiger partial charge in [0.2, 0.25) is 0 Å². The molecule has 0 aromatic carbocycles. The van der Waals surface area contributed by atoms with Gasteiger partial charge in [0.05, 0.1) is 26.4 Å². The molecule has 3 N–H and O–H groups in total. The van der Waals surface area contributed by atoms with Gasteiger partial charge in [-0.2, -0.15) is 0 Å². The van der Waals surface area contributed by atoms with Crippen LogP contribution in [0.15, 0.2) is 36.5 Å². The Morgan fingerprint density at radius 3 is 1.60 bits per heavy atom. The lowest BCUT2D eigenvalue weighted by Crippen LogP contribution is -2.29. The maximum atomic E-state index is 12.6. The average molecular weight is 759 g/mol. The van der Waals surface area contributed by atoms with E-state index in [-0.39, 0.29) is 19.6 Å². The van der Waals surface area contributed by atoms with Crippen molar-refractivity contribution in [3.63, 3.8) is 0 Å². The fourth-order valence-electron chi connectivity index (χ4n) is 5.56. The second-order valence-corrected chi connectivity index (χ2v) is 15.5. The molecule has 0 spiro atoms. The summed E-state index contributed by atoms with van der Waals surface area (Å²) in [6.07, 6.45) is 40.9. The number of phosphoric acid groups is 1. The van der Waals surface area contributed by atoms with Crippen LogP contribution in [0.3, 0.4) is 0 Å². The first kappa shape index (κ1) is 50.7. The molecule has 0 aromatic heterocycles. The van der Waals surface area contributed by atoms with E-state index in [0.717, 1.165) is 64.2 Å². The van der Waals surface area contributed by atoms with E-state index in [1.807, 2.05) is 0 Å². The fourth-order valence-corrected chi connectivity index (χ4v) is 6.35. The second-order valence-electron chi connectivity index (χ2n) is 14.0. The molecule has 0 aromatic rings. The number of aliphatic hydroxyl groups excluding tert-OH is 2. The van der Waals surface area contributed by atoms with Crippen molar-refractivity contribution in [2.24, 2.45) is 0 Å². The number of carbonyl (C=O) groups excluding carboxylic acids is 1. The van der Waals surface area contributed by atoms with Crippen LogP contribution in [-0.2, 0) is 27.9 Å². The van der Waals surface area contributed by atoms with Crippen molar-refractivity contribution in [2.75, 3.05) is 33.0 Å². The zero-order valence-corrected chi connectivity index (χ0v) is 34.2. The summed E-state index contributed by atoms with van der Waals surface area (Å²) in [6, 6.07) is 0. The number of hydrogen-bond acceptors (Lipinski definition) is 8. The molecule has 0 saturated carbocycles. The molecule has 0 heterocycles. The van der Waals surface area contributed by atoms with E-state index in [1.165, 1.54) is 96.3 Å². The lowest BCUT2D eigenvalue weighted by molar-refractivity contribution is -0.154. The molecule has 306 valence electrons. The standard InChI is InChI=1S/C42H79O9P/c1-3-5-7-9-11-13-15-17-19-20-21-22-24-26-28-30-32-34-42(45)51-41(39-50-52(46,47)49-37-40(44)36-43)38-48-35-33-31-29-27-25-23-18-16-14-12-10-8-6-4-2/h11,13-14,16-17,19,40-41,43-44H,3-10,12,15,18,20-39H2,1-2H3,(H,46,47)/b13-11-,16-14-,19-17-. The largest absolute Gasteiger partial charge is 0.472 e. The summed E-state index contributed by atoms with van der Waals surface area (Å²) < 4.78 is 33.3. The van der Waals surface area contributed by atoms with E-state index in [9.17, 15) is 19.4 Å². The first-order valence-corrected chi connectivity index (χ1v) is 22.5. The van der Waals surface area contributed by atoms with Crippen LogP contribution in [0.2, 0.25) is 0 Å². The van der Waals surface area contributed by atoms with E-state index < -0.39 is 39.2 Å². The predicted molar refractivity (Wildman–Crippen MR) is 214 cm³/mol. The first-order chi connectivity index (χ1) is 25.3. The van der Waals surface area contributed by atoms with Gasteiger partial charge < -0.3 is 24.6 Å². The molecular formula is C42H79O9P. The monoisotopic (exact) mass is 759 g/mol. The Balaban J connectivity index is 4.21. The van der Waals surface area contributed by atoms with Crippen molar-refractivity contribution < 1.29 is 43.0 Å². The number of hydrogen-bond donors (Lipinski definition) is 3. The van der Waals surface area contributed by atoms with Crippen LogP contribution >= 0.6 is 7.82 Å². The van der Waals surface area contributed by atoms with Gasteiger partial charge in [-0.1, -0.05) is 140 Å². The van der Waals surface area contributed by atoms with E-state index in [1.54, 1.807) is 0 Å². The fraction of sp³-hybridized carbons (Fsp3) is 0.833. The summed E-state index contributed by atoms with van der Waals surface area (Å²) in [5, 5.41) is 18.3. The number of carbonyl (C=O) groups is 1. The Morgan fingerprint density at radius 2 is 1.04 bits per heavy atom. The molecule has 0 aliphatic rings. The first-order valence-electron chi connectivity index (χ1n) is 21.0. The van der Waals surface area contributed by atoms with E-state index in [0.29, 0.717) is 6.61 Å². The molecule has 0 rings (SSSR count). The molecule has 0 amide bonds. The van der Waals surface area contributed by atoms with Gasteiger partial charge in [-0.3, -0.25) is 13.8 Å². The molecule has 3 atom stereocenters. The minimum absolute atomic E-state index is 0.0424. The summed E-state index contributed by atoms with van der Waals surface area (Å²) in [4.78, 5) is 22.5. The third kappa shape index (κ3) is 38.4. The van der Waals surface area contributed by atoms with Crippen LogP contribution in [-0.4, -0.2) is 66.3 Å².